The van der Waals surface area contributed by atoms with Crippen LogP contribution in [0.5, 0.6) is 0 Å². The van der Waals surface area contributed by atoms with Crippen molar-refractivity contribution in [3.05, 3.63) is 34.9 Å². The van der Waals surface area contributed by atoms with E-state index in [0.29, 0.717) is 5.92 Å². The van der Waals surface area contributed by atoms with E-state index < -0.39 is 0 Å². The van der Waals surface area contributed by atoms with Gasteiger partial charge in [0.05, 0.1) is 0 Å². The van der Waals surface area contributed by atoms with E-state index in [1.54, 1.807) is 0 Å². The maximum atomic E-state index is 5.88. The summed E-state index contributed by atoms with van der Waals surface area (Å²) in [5.74, 6) is 2.29. The Morgan fingerprint density at radius 2 is 2.10 bits per heavy atom. The summed E-state index contributed by atoms with van der Waals surface area (Å²) in [6.45, 7) is 3.15. The molecule has 0 fully saturated rings. The van der Waals surface area contributed by atoms with Crippen LogP contribution in [-0.2, 0) is 0 Å². The summed E-state index contributed by atoms with van der Waals surface area (Å²) in [6, 6.07) is 8.24. The summed E-state index contributed by atoms with van der Waals surface area (Å²) >= 11 is 9.47. The van der Waals surface area contributed by atoms with Crippen LogP contribution in [-0.4, -0.2) is 17.4 Å². The van der Waals surface area contributed by atoms with Crippen LogP contribution in [0.25, 0.3) is 10.8 Å². The van der Waals surface area contributed by atoms with Gasteiger partial charge in [0.2, 0.25) is 0 Å². The van der Waals surface area contributed by atoms with Gasteiger partial charge in [0.1, 0.15) is 5.82 Å². The quantitative estimate of drug-likeness (QED) is 0.668. The first-order chi connectivity index (χ1) is 9.76. The van der Waals surface area contributed by atoms with Crippen molar-refractivity contribution in [3.8, 4) is 0 Å². The fourth-order valence-electron chi connectivity index (χ4n) is 2.46. The number of fused-ring (bicyclic) bond motifs is 1. The number of nitrogens with one attached hydrogen (secondary N) is 1. The van der Waals surface area contributed by atoms with Gasteiger partial charge < -0.3 is 5.32 Å². The number of hydrogen-bond acceptors (Lipinski definition) is 2. The Bertz CT molecular complexity index is 553. The van der Waals surface area contributed by atoms with Gasteiger partial charge in [-0.3, -0.25) is 0 Å². The van der Waals surface area contributed by atoms with Crippen LogP contribution < -0.4 is 5.32 Å². The summed E-state index contributed by atoms with van der Waals surface area (Å²) in [5, 5.41) is 5.84. The minimum absolute atomic E-state index is 0.613. The van der Waals surface area contributed by atoms with Gasteiger partial charge in [-0.2, -0.15) is 0 Å². The van der Waals surface area contributed by atoms with E-state index in [1.165, 1.54) is 18.2 Å². The van der Waals surface area contributed by atoms with E-state index in [2.05, 4.69) is 45.3 Å². The lowest BCUT2D eigenvalue weighted by Gasteiger charge is -2.17. The van der Waals surface area contributed by atoms with Crippen molar-refractivity contribution in [2.45, 2.75) is 26.2 Å². The predicted molar refractivity (Wildman–Crippen MR) is 91.7 cm³/mol. The molecule has 0 aliphatic carbocycles. The van der Waals surface area contributed by atoms with Crippen LogP contribution in [0.1, 0.15) is 26.2 Å². The van der Waals surface area contributed by atoms with E-state index in [4.69, 9.17) is 11.6 Å². The molecular formula is C16H20BrClN2. The number of aromatic nitrogens is 1. The molecule has 1 N–H and O–H groups in total. The van der Waals surface area contributed by atoms with Crippen LogP contribution >= 0.6 is 27.5 Å². The highest BCUT2D eigenvalue weighted by molar-refractivity contribution is 9.10. The smallest absolute Gasteiger partial charge is 0.133 e. The summed E-state index contributed by atoms with van der Waals surface area (Å²) in [6.07, 6.45) is 5.30. The fraction of sp³-hybridized carbons (Fsp3) is 0.438. The second-order valence-electron chi connectivity index (χ2n) is 5.01. The Balaban J connectivity index is 2.15. The van der Waals surface area contributed by atoms with Crippen LogP contribution in [0, 0.1) is 5.92 Å². The van der Waals surface area contributed by atoms with E-state index >= 15 is 0 Å². The lowest BCUT2D eigenvalue weighted by Crippen LogP contribution is -2.15. The maximum absolute atomic E-state index is 5.88. The Hall–Kier alpha value is -0.800. The highest BCUT2D eigenvalue weighted by atomic mass is 79.9. The molecule has 0 bridgehead atoms. The van der Waals surface area contributed by atoms with Crippen molar-refractivity contribution in [1.29, 1.82) is 0 Å². The van der Waals surface area contributed by atoms with Gasteiger partial charge in [0.25, 0.3) is 0 Å². The minimum Gasteiger partial charge on any atom is -0.369 e. The fourth-order valence-corrected chi connectivity index (χ4v) is 3.27. The molecule has 0 spiro atoms. The van der Waals surface area contributed by atoms with Gasteiger partial charge in [0.15, 0.2) is 0 Å². The molecule has 1 heterocycles. The summed E-state index contributed by atoms with van der Waals surface area (Å²) in [4.78, 5) is 4.48. The van der Waals surface area contributed by atoms with Gasteiger partial charge in [-0.15, -0.1) is 11.6 Å². The average Bonchev–Trinajstić information content (AvgIpc) is 2.46. The van der Waals surface area contributed by atoms with Crippen LogP contribution in [0.3, 0.4) is 0 Å². The number of benzene rings is 1. The summed E-state index contributed by atoms with van der Waals surface area (Å²) in [5.41, 5.74) is 0. The van der Waals surface area contributed by atoms with E-state index in [1.807, 2.05) is 18.3 Å². The lowest BCUT2D eigenvalue weighted by atomic mass is 10.0. The Morgan fingerprint density at radius 3 is 2.85 bits per heavy atom. The normalized spacial score (nSPS) is 12.6. The Morgan fingerprint density at radius 1 is 1.25 bits per heavy atom. The molecule has 0 aliphatic heterocycles. The first-order valence-corrected chi connectivity index (χ1v) is 8.42. The number of pyridine rings is 1. The highest BCUT2D eigenvalue weighted by Crippen LogP contribution is 2.28. The van der Waals surface area contributed by atoms with Crippen LogP contribution in [0.2, 0.25) is 0 Å². The molecule has 108 valence electrons. The van der Waals surface area contributed by atoms with Crippen molar-refractivity contribution in [3.63, 3.8) is 0 Å². The zero-order valence-corrected chi connectivity index (χ0v) is 14.0. The Kier molecular flexibility index (Phi) is 6.11. The van der Waals surface area contributed by atoms with Crippen molar-refractivity contribution in [2.24, 2.45) is 5.92 Å². The molecule has 2 rings (SSSR count). The molecule has 0 saturated heterocycles. The molecule has 4 heteroatoms. The van der Waals surface area contributed by atoms with Gasteiger partial charge in [-0.25, -0.2) is 4.98 Å². The van der Waals surface area contributed by atoms with Crippen molar-refractivity contribution in [1.82, 2.24) is 4.98 Å². The second kappa shape index (κ2) is 7.84. The Labute approximate surface area is 134 Å². The molecule has 1 unspecified atom stereocenters. The molecule has 2 aromatic rings. The molecule has 0 amide bonds. The second-order valence-corrected chi connectivity index (χ2v) is 6.24. The highest BCUT2D eigenvalue weighted by Gasteiger charge is 2.09. The molecule has 0 radical (unpaired) electrons. The summed E-state index contributed by atoms with van der Waals surface area (Å²) < 4.78 is 1.10. The largest absolute Gasteiger partial charge is 0.369 e. The standard InChI is InChI=1S/C16H20BrClN2/c1-2-4-12(7-9-18)11-20-16-14-5-3-6-15(17)13(14)8-10-19-16/h3,5-6,8,10,12H,2,4,7,9,11H2,1H3,(H,19,20). The zero-order valence-electron chi connectivity index (χ0n) is 11.7. The van der Waals surface area contributed by atoms with Crippen molar-refractivity contribution in [2.75, 3.05) is 17.7 Å². The molecule has 2 nitrogen and oxygen atoms in total. The minimum atomic E-state index is 0.613. The van der Waals surface area contributed by atoms with Gasteiger partial charge >= 0.3 is 0 Å². The van der Waals surface area contributed by atoms with Crippen molar-refractivity contribution < 1.29 is 0 Å². The molecule has 0 saturated carbocycles. The third-order valence-electron chi connectivity index (χ3n) is 3.53. The predicted octanol–water partition coefficient (Wildman–Crippen LogP) is 5.45. The van der Waals surface area contributed by atoms with Crippen molar-refractivity contribution >= 4 is 44.1 Å². The van der Waals surface area contributed by atoms with E-state index in [9.17, 15) is 0 Å². The molecule has 20 heavy (non-hydrogen) atoms. The van der Waals surface area contributed by atoms with Gasteiger partial charge in [-0.05, 0) is 30.9 Å². The third-order valence-corrected chi connectivity index (χ3v) is 4.44. The molecule has 1 aromatic carbocycles. The SMILES string of the molecule is CCCC(CCCl)CNc1nccc2c(Br)cccc12. The van der Waals surface area contributed by atoms with E-state index in [-0.39, 0.29) is 0 Å². The number of nitrogens with zero attached hydrogens (tertiary/aromatic N) is 1. The lowest BCUT2D eigenvalue weighted by molar-refractivity contribution is 0.490. The molecule has 1 aromatic heterocycles. The zero-order chi connectivity index (χ0) is 14.4. The number of anilines is 1. The first-order valence-electron chi connectivity index (χ1n) is 7.09. The van der Waals surface area contributed by atoms with Gasteiger partial charge in [-0.1, -0.05) is 41.4 Å². The average molecular weight is 356 g/mol. The van der Waals surface area contributed by atoms with Crippen LogP contribution in [0.15, 0.2) is 34.9 Å². The number of alkyl halides is 1. The topological polar surface area (TPSA) is 24.9 Å². The third kappa shape index (κ3) is 3.86. The first kappa shape index (κ1) is 15.6. The monoisotopic (exact) mass is 354 g/mol. The number of hydrogen-bond donors (Lipinski definition) is 1. The van der Waals surface area contributed by atoms with Crippen LogP contribution in [0.4, 0.5) is 5.82 Å². The molecule has 0 aliphatic rings. The molecular weight excluding hydrogens is 336 g/mol. The summed E-state index contributed by atoms with van der Waals surface area (Å²) in [7, 11) is 0. The molecule has 1 atom stereocenters. The van der Waals surface area contributed by atoms with E-state index in [0.717, 1.165) is 34.5 Å². The van der Waals surface area contributed by atoms with Gasteiger partial charge in [0, 0.05) is 33.9 Å². The number of halogens is 2. The number of rotatable bonds is 7. The maximum Gasteiger partial charge on any atom is 0.133 e.